The van der Waals surface area contributed by atoms with Crippen molar-refractivity contribution in [2.45, 2.75) is 130 Å². The molecule has 1 aliphatic rings. The lowest BCUT2D eigenvalue weighted by atomic mass is 9.76. The Kier molecular flexibility index (Phi) is 13.5. The van der Waals surface area contributed by atoms with Crippen LogP contribution < -0.4 is 0 Å². The monoisotopic (exact) mass is 368 g/mol. The lowest BCUT2D eigenvalue weighted by Gasteiger charge is -2.29. The van der Waals surface area contributed by atoms with Crippen molar-refractivity contribution < 1.29 is 0 Å². The maximum atomic E-state index is 4.45. The molecule has 150 valence electrons. The molecular weight excluding hydrogens is 320 g/mol. The first-order chi connectivity index (χ1) is 12.1. The molecule has 0 radical (unpaired) electrons. The molecule has 0 bridgehead atoms. The molecule has 1 rings (SSSR count). The van der Waals surface area contributed by atoms with Crippen molar-refractivity contribution in [2.75, 3.05) is 5.75 Å². The minimum absolute atomic E-state index is 0.634. The average Bonchev–Trinajstić information content (AvgIpc) is 3.03. The van der Waals surface area contributed by atoms with Gasteiger partial charge in [0.15, 0.2) is 0 Å². The van der Waals surface area contributed by atoms with Gasteiger partial charge in [-0.2, -0.15) is 12.6 Å². The first-order valence-corrected chi connectivity index (χ1v) is 12.4. The second-order valence-corrected chi connectivity index (χ2v) is 9.73. The largest absolute Gasteiger partial charge is 0.179 e. The van der Waals surface area contributed by atoms with Crippen LogP contribution >= 0.6 is 12.6 Å². The highest BCUT2D eigenvalue weighted by molar-refractivity contribution is 7.80. The van der Waals surface area contributed by atoms with Gasteiger partial charge in [0.1, 0.15) is 0 Å². The summed E-state index contributed by atoms with van der Waals surface area (Å²) in [5.74, 6) is 3.15. The van der Waals surface area contributed by atoms with Gasteiger partial charge in [-0.05, 0) is 48.7 Å². The van der Waals surface area contributed by atoms with Crippen LogP contribution in [0.25, 0.3) is 0 Å². The Morgan fingerprint density at radius 1 is 0.720 bits per heavy atom. The third-order valence-electron chi connectivity index (χ3n) is 6.91. The van der Waals surface area contributed by atoms with E-state index in [0.717, 1.165) is 17.6 Å². The molecule has 3 atom stereocenters. The molecule has 0 saturated heterocycles. The van der Waals surface area contributed by atoms with Crippen LogP contribution in [-0.2, 0) is 0 Å². The zero-order valence-electron chi connectivity index (χ0n) is 17.8. The fourth-order valence-corrected chi connectivity index (χ4v) is 5.62. The summed E-state index contributed by atoms with van der Waals surface area (Å²) in [4.78, 5) is 0. The maximum absolute atomic E-state index is 4.45. The van der Waals surface area contributed by atoms with Crippen LogP contribution in [0.2, 0.25) is 0 Å². The van der Waals surface area contributed by atoms with E-state index in [2.05, 4.69) is 33.4 Å². The molecule has 1 heteroatoms. The number of hydrogen-bond acceptors (Lipinski definition) is 1. The molecule has 1 fully saturated rings. The number of hydrogen-bond donors (Lipinski definition) is 1. The SMILES string of the molecule is CCCCC(C)(CCC)CCCCCCCCC1CCCC1CCS. The Labute approximate surface area is 165 Å². The minimum atomic E-state index is 0.634. The summed E-state index contributed by atoms with van der Waals surface area (Å²) in [5, 5.41) is 0. The van der Waals surface area contributed by atoms with Crippen molar-refractivity contribution in [3.05, 3.63) is 0 Å². The zero-order chi connectivity index (χ0) is 18.4. The van der Waals surface area contributed by atoms with E-state index >= 15 is 0 Å². The van der Waals surface area contributed by atoms with Gasteiger partial charge in [0.05, 0.1) is 0 Å². The van der Waals surface area contributed by atoms with Crippen molar-refractivity contribution in [3.63, 3.8) is 0 Å². The first-order valence-electron chi connectivity index (χ1n) is 11.8. The number of thiol groups is 1. The highest BCUT2D eigenvalue weighted by atomic mass is 32.1. The molecule has 3 unspecified atom stereocenters. The minimum Gasteiger partial charge on any atom is -0.179 e. The smallest absolute Gasteiger partial charge is 0.00952 e. The van der Waals surface area contributed by atoms with Crippen molar-refractivity contribution in [2.24, 2.45) is 17.3 Å². The van der Waals surface area contributed by atoms with Crippen LogP contribution in [0, 0.1) is 17.3 Å². The summed E-state index contributed by atoms with van der Waals surface area (Å²) in [6, 6.07) is 0. The van der Waals surface area contributed by atoms with E-state index in [1.165, 1.54) is 109 Å². The summed E-state index contributed by atoms with van der Waals surface area (Å²) in [6.07, 6.45) is 24.7. The van der Waals surface area contributed by atoms with Crippen molar-refractivity contribution in [1.82, 2.24) is 0 Å². The van der Waals surface area contributed by atoms with Crippen LogP contribution in [0.5, 0.6) is 0 Å². The fourth-order valence-electron chi connectivity index (χ4n) is 5.29. The Hall–Kier alpha value is 0.350. The Morgan fingerprint density at radius 2 is 1.32 bits per heavy atom. The van der Waals surface area contributed by atoms with Crippen LogP contribution in [0.1, 0.15) is 130 Å². The molecule has 0 N–H and O–H groups in total. The topological polar surface area (TPSA) is 0 Å². The predicted molar refractivity (Wildman–Crippen MR) is 119 cm³/mol. The standard InChI is InChI=1S/C24H48S/c1-4-6-19-24(3,18-5-2)20-12-10-8-7-9-11-14-22-15-13-16-23(22)17-21-25/h22-23,25H,4-21H2,1-3H3. The quantitative estimate of drug-likeness (QED) is 0.204. The summed E-state index contributed by atoms with van der Waals surface area (Å²) in [5.41, 5.74) is 0.634. The van der Waals surface area contributed by atoms with Gasteiger partial charge in [-0.15, -0.1) is 0 Å². The van der Waals surface area contributed by atoms with E-state index in [4.69, 9.17) is 0 Å². The Bertz CT molecular complexity index is 300. The third-order valence-corrected chi connectivity index (χ3v) is 7.17. The third kappa shape index (κ3) is 10.3. The average molecular weight is 369 g/mol. The highest BCUT2D eigenvalue weighted by Gasteiger charge is 2.25. The lowest BCUT2D eigenvalue weighted by molar-refractivity contribution is 0.230. The summed E-state index contributed by atoms with van der Waals surface area (Å²) in [7, 11) is 0. The molecular formula is C24H48S. The van der Waals surface area contributed by atoms with Gasteiger partial charge in [-0.1, -0.05) is 104 Å². The first kappa shape index (κ1) is 23.4. The molecule has 0 spiro atoms. The lowest BCUT2D eigenvalue weighted by Crippen LogP contribution is -2.16. The highest BCUT2D eigenvalue weighted by Crippen LogP contribution is 2.38. The van der Waals surface area contributed by atoms with Gasteiger partial charge < -0.3 is 0 Å². The Balaban J connectivity index is 2.02. The molecule has 0 aliphatic heterocycles. The molecule has 25 heavy (non-hydrogen) atoms. The van der Waals surface area contributed by atoms with E-state index in [1.54, 1.807) is 0 Å². The van der Waals surface area contributed by atoms with Gasteiger partial charge in [0.25, 0.3) is 0 Å². The van der Waals surface area contributed by atoms with Crippen LogP contribution in [0.15, 0.2) is 0 Å². The molecule has 0 amide bonds. The molecule has 0 aromatic carbocycles. The summed E-state index contributed by atoms with van der Waals surface area (Å²) < 4.78 is 0. The maximum Gasteiger partial charge on any atom is -0.00952 e. The molecule has 0 aromatic rings. The van der Waals surface area contributed by atoms with Crippen molar-refractivity contribution >= 4 is 12.6 Å². The van der Waals surface area contributed by atoms with E-state index in [0.29, 0.717) is 5.41 Å². The molecule has 0 nitrogen and oxygen atoms in total. The molecule has 0 aromatic heterocycles. The predicted octanol–water partition coefficient (Wildman–Crippen LogP) is 8.84. The molecule has 0 heterocycles. The summed E-state index contributed by atoms with van der Waals surface area (Å²) in [6.45, 7) is 7.24. The van der Waals surface area contributed by atoms with E-state index < -0.39 is 0 Å². The second-order valence-electron chi connectivity index (χ2n) is 9.29. The van der Waals surface area contributed by atoms with E-state index in [-0.39, 0.29) is 0 Å². The van der Waals surface area contributed by atoms with Gasteiger partial charge in [-0.3, -0.25) is 0 Å². The van der Waals surface area contributed by atoms with Crippen LogP contribution in [0.4, 0.5) is 0 Å². The molecule has 1 aliphatic carbocycles. The van der Waals surface area contributed by atoms with Gasteiger partial charge in [-0.25, -0.2) is 0 Å². The van der Waals surface area contributed by atoms with Gasteiger partial charge >= 0.3 is 0 Å². The number of rotatable bonds is 16. The van der Waals surface area contributed by atoms with E-state index in [9.17, 15) is 0 Å². The van der Waals surface area contributed by atoms with Crippen LogP contribution in [-0.4, -0.2) is 5.75 Å². The van der Waals surface area contributed by atoms with Crippen molar-refractivity contribution in [3.8, 4) is 0 Å². The fraction of sp³-hybridized carbons (Fsp3) is 1.00. The zero-order valence-corrected chi connectivity index (χ0v) is 18.7. The Morgan fingerprint density at radius 3 is 1.96 bits per heavy atom. The summed E-state index contributed by atoms with van der Waals surface area (Å²) >= 11 is 4.45. The van der Waals surface area contributed by atoms with Crippen molar-refractivity contribution in [1.29, 1.82) is 0 Å². The molecule has 1 saturated carbocycles. The normalized spacial score (nSPS) is 23.0. The van der Waals surface area contributed by atoms with E-state index in [1.807, 2.05) is 0 Å². The number of unbranched alkanes of at least 4 members (excludes halogenated alkanes) is 6. The van der Waals surface area contributed by atoms with Gasteiger partial charge in [0, 0.05) is 0 Å². The van der Waals surface area contributed by atoms with Crippen LogP contribution in [0.3, 0.4) is 0 Å². The van der Waals surface area contributed by atoms with Gasteiger partial charge in [0.2, 0.25) is 0 Å². The second kappa shape index (κ2) is 14.4.